The molecule has 0 atom stereocenters. The molecule has 0 aliphatic heterocycles. The van der Waals surface area contributed by atoms with Crippen LogP contribution in [0.2, 0.25) is 0 Å². The monoisotopic (exact) mass is 483 g/mol. The van der Waals surface area contributed by atoms with Gasteiger partial charge in [-0.1, -0.05) is 38.1 Å². The summed E-state index contributed by atoms with van der Waals surface area (Å²) >= 11 is 0. The van der Waals surface area contributed by atoms with Crippen LogP contribution in [0.15, 0.2) is 41.7 Å². The molecule has 1 heterocycles. The molecule has 0 amide bonds. The molecule has 1 aromatic heterocycles. The number of rotatable bonds is 9. The van der Waals surface area contributed by atoms with E-state index in [0.717, 1.165) is 44.9 Å². The summed E-state index contributed by atoms with van der Waals surface area (Å²) in [7, 11) is 1.94. The topological polar surface area (TPSA) is 54.2 Å². The van der Waals surface area contributed by atoms with Crippen LogP contribution in [-0.4, -0.2) is 35.4 Å². The van der Waals surface area contributed by atoms with Crippen molar-refractivity contribution >= 4 is 29.9 Å². The second kappa shape index (κ2) is 12.8. The third-order valence-electron chi connectivity index (χ3n) is 4.35. The zero-order valence-corrected chi connectivity index (χ0v) is 19.4. The molecule has 1 aromatic carbocycles. The van der Waals surface area contributed by atoms with Gasteiger partial charge in [-0.2, -0.15) is 5.10 Å². The summed E-state index contributed by atoms with van der Waals surface area (Å²) in [4.78, 5) is 4.68. The van der Waals surface area contributed by atoms with Crippen LogP contribution in [0.4, 0.5) is 0 Å². The number of guanidine groups is 1. The van der Waals surface area contributed by atoms with E-state index in [2.05, 4.69) is 72.0 Å². The standard InChI is InChI=1S/C21H33N5.HI/c1-5-22-21(24-14-12-19-15-25-26(4)16-19)23-13-6-7-18-8-10-20(11-9-18)17(2)3;/h8-11,15-17H,5-7,12-14H2,1-4H3,(H2,22,23,24);1H. The number of aliphatic imine (C=N–C) groups is 1. The minimum Gasteiger partial charge on any atom is -0.357 e. The van der Waals surface area contributed by atoms with E-state index in [4.69, 9.17) is 0 Å². The predicted octanol–water partition coefficient (Wildman–Crippen LogP) is 3.89. The molecule has 150 valence electrons. The normalized spacial score (nSPS) is 11.4. The Kier molecular flexibility index (Phi) is 11.1. The maximum Gasteiger partial charge on any atom is 0.191 e. The Morgan fingerprint density at radius 3 is 2.44 bits per heavy atom. The van der Waals surface area contributed by atoms with Gasteiger partial charge in [-0.05, 0) is 48.8 Å². The number of hydrogen-bond acceptors (Lipinski definition) is 2. The minimum atomic E-state index is 0. The summed E-state index contributed by atoms with van der Waals surface area (Å²) < 4.78 is 1.84. The Morgan fingerprint density at radius 1 is 1.11 bits per heavy atom. The average molecular weight is 483 g/mol. The lowest BCUT2D eigenvalue weighted by Gasteiger charge is -2.11. The Bertz CT molecular complexity index is 676. The van der Waals surface area contributed by atoms with Gasteiger partial charge < -0.3 is 10.6 Å². The van der Waals surface area contributed by atoms with E-state index in [1.807, 2.05) is 17.9 Å². The molecule has 2 rings (SSSR count). The fourth-order valence-corrected chi connectivity index (χ4v) is 2.81. The highest BCUT2D eigenvalue weighted by Crippen LogP contribution is 2.15. The van der Waals surface area contributed by atoms with Crippen molar-refractivity contribution < 1.29 is 0 Å². The molecular weight excluding hydrogens is 449 g/mol. The maximum atomic E-state index is 4.68. The Morgan fingerprint density at radius 2 is 1.85 bits per heavy atom. The van der Waals surface area contributed by atoms with Crippen molar-refractivity contribution in [3.63, 3.8) is 0 Å². The van der Waals surface area contributed by atoms with Crippen molar-refractivity contribution in [3.05, 3.63) is 53.3 Å². The van der Waals surface area contributed by atoms with Crippen LogP contribution in [0.25, 0.3) is 0 Å². The van der Waals surface area contributed by atoms with Crippen LogP contribution >= 0.6 is 24.0 Å². The van der Waals surface area contributed by atoms with E-state index in [-0.39, 0.29) is 24.0 Å². The van der Waals surface area contributed by atoms with Crippen molar-refractivity contribution in [3.8, 4) is 0 Å². The minimum absolute atomic E-state index is 0. The smallest absolute Gasteiger partial charge is 0.191 e. The van der Waals surface area contributed by atoms with Crippen LogP contribution in [0.3, 0.4) is 0 Å². The van der Waals surface area contributed by atoms with Gasteiger partial charge in [0.1, 0.15) is 0 Å². The molecule has 27 heavy (non-hydrogen) atoms. The summed E-state index contributed by atoms with van der Waals surface area (Å²) in [6.07, 6.45) is 7.03. The zero-order valence-electron chi connectivity index (χ0n) is 17.0. The van der Waals surface area contributed by atoms with Crippen molar-refractivity contribution in [1.29, 1.82) is 0 Å². The molecule has 0 aliphatic carbocycles. The van der Waals surface area contributed by atoms with E-state index in [1.54, 1.807) is 0 Å². The summed E-state index contributed by atoms with van der Waals surface area (Å²) in [6.45, 7) is 9.10. The first-order chi connectivity index (χ1) is 12.6. The van der Waals surface area contributed by atoms with Crippen LogP contribution in [0.5, 0.6) is 0 Å². The number of aromatic nitrogens is 2. The van der Waals surface area contributed by atoms with Crippen molar-refractivity contribution in [2.75, 3.05) is 19.6 Å². The molecule has 0 unspecified atom stereocenters. The van der Waals surface area contributed by atoms with Gasteiger partial charge in [0.2, 0.25) is 0 Å². The first-order valence-corrected chi connectivity index (χ1v) is 9.67. The van der Waals surface area contributed by atoms with Gasteiger partial charge in [-0.25, -0.2) is 0 Å². The van der Waals surface area contributed by atoms with E-state index in [1.165, 1.54) is 16.7 Å². The summed E-state index contributed by atoms with van der Waals surface area (Å²) in [5, 5.41) is 10.9. The fourth-order valence-electron chi connectivity index (χ4n) is 2.81. The van der Waals surface area contributed by atoms with Crippen molar-refractivity contribution in [2.45, 2.75) is 46.0 Å². The number of nitrogens with one attached hydrogen (secondary N) is 2. The highest BCUT2D eigenvalue weighted by Gasteiger charge is 2.01. The summed E-state index contributed by atoms with van der Waals surface area (Å²) in [5.41, 5.74) is 4.03. The molecule has 5 nitrogen and oxygen atoms in total. The van der Waals surface area contributed by atoms with Crippen molar-refractivity contribution in [2.24, 2.45) is 12.0 Å². The van der Waals surface area contributed by atoms with E-state index >= 15 is 0 Å². The van der Waals surface area contributed by atoms with Gasteiger partial charge in [0.15, 0.2) is 5.96 Å². The first-order valence-electron chi connectivity index (χ1n) is 9.67. The molecule has 0 aliphatic rings. The lowest BCUT2D eigenvalue weighted by molar-refractivity contribution is 0.763. The van der Waals surface area contributed by atoms with Gasteiger partial charge in [0.05, 0.1) is 6.20 Å². The Hall–Kier alpha value is -1.57. The number of hydrogen-bond donors (Lipinski definition) is 2. The second-order valence-electron chi connectivity index (χ2n) is 6.96. The third-order valence-corrected chi connectivity index (χ3v) is 4.35. The van der Waals surface area contributed by atoms with Crippen LogP contribution in [-0.2, 0) is 19.9 Å². The lowest BCUT2D eigenvalue weighted by Crippen LogP contribution is -2.38. The molecule has 2 aromatic rings. The van der Waals surface area contributed by atoms with Crippen LogP contribution in [0.1, 0.15) is 49.8 Å². The van der Waals surface area contributed by atoms with Gasteiger partial charge in [-0.3, -0.25) is 9.67 Å². The molecule has 0 fully saturated rings. The summed E-state index contributed by atoms with van der Waals surface area (Å²) in [5.74, 6) is 1.49. The first kappa shape index (κ1) is 23.5. The average Bonchev–Trinajstić information content (AvgIpc) is 3.04. The third kappa shape index (κ3) is 8.77. The largest absolute Gasteiger partial charge is 0.357 e. The molecule has 0 saturated carbocycles. The van der Waals surface area contributed by atoms with Crippen LogP contribution < -0.4 is 10.6 Å². The van der Waals surface area contributed by atoms with Crippen LogP contribution in [0, 0.1) is 0 Å². The van der Waals surface area contributed by atoms with Gasteiger partial charge in [0, 0.05) is 32.9 Å². The molecule has 2 N–H and O–H groups in total. The molecular formula is C21H34IN5. The summed E-state index contributed by atoms with van der Waals surface area (Å²) in [6, 6.07) is 8.98. The Balaban J connectivity index is 0.00000364. The number of nitrogens with zero attached hydrogens (tertiary/aromatic N) is 3. The number of halogens is 1. The SMILES string of the molecule is CCNC(=NCCCc1ccc(C(C)C)cc1)NCCc1cnn(C)c1.I. The molecule has 0 saturated heterocycles. The highest BCUT2D eigenvalue weighted by atomic mass is 127. The van der Waals surface area contributed by atoms with E-state index in [0.29, 0.717) is 5.92 Å². The number of aryl methyl sites for hydroxylation is 2. The van der Waals surface area contributed by atoms with Gasteiger partial charge in [-0.15, -0.1) is 24.0 Å². The zero-order chi connectivity index (χ0) is 18.8. The van der Waals surface area contributed by atoms with Crippen molar-refractivity contribution in [1.82, 2.24) is 20.4 Å². The second-order valence-corrected chi connectivity index (χ2v) is 6.96. The molecule has 0 radical (unpaired) electrons. The molecule has 0 bridgehead atoms. The number of benzene rings is 1. The maximum absolute atomic E-state index is 4.68. The highest BCUT2D eigenvalue weighted by molar-refractivity contribution is 14.0. The molecule has 6 heteroatoms. The van der Waals surface area contributed by atoms with E-state index < -0.39 is 0 Å². The van der Waals surface area contributed by atoms with Gasteiger partial charge >= 0.3 is 0 Å². The lowest BCUT2D eigenvalue weighted by atomic mass is 10.0. The van der Waals surface area contributed by atoms with Gasteiger partial charge in [0.25, 0.3) is 0 Å². The predicted molar refractivity (Wildman–Crippen MR) is 125 cm³/mol. The Labute approximate surface area is 181 Å². The molecule has 0 spiro atoms. The fraction of sp³-hybridized carbons (Fsp3) is 0.524. The van der Waals surface area contributed by atoms with E-state index in [9.17, 15) is 0 Å². The quantitative estimate of drug-likeness (QED) is 0.246.